The molecule has 160 valence electrons. The van der Waals surface area contributed by atoms with E-state index >= 15 is 0 Å². The summed E-state index contributed by atoms with van der Waals surface area (Å²) < 4.78 is 38.8. The largest absolute Gasteiger partial charge is 0.416 e. The Kier molecular flexibility index (Phi) is 5.70. The highest BCUT2D eigenvalue weighted by molar-refractivity contribution is 6.28. The van der Waals surface area contributed by atoms with E-state index in [4.69, 9.17) is 11.6 Å². The molecule has 2 aliphatic rings. The molecule has 3 heterocycles. The van der Waals surface area contributed by atoms with Crippen LogP contribution >= 0.6 is 11.6 Å². The first-order chi connectivity index (χ1) is 14.3. The lowest BCUT2D eigenvalue weighted by molar-refractivity contribution is -0.137. The number of hydrogen-bond donors (Lipinski definition) is 2. The Morgan fingerprint density at radius 1 is 1.17 bits per heavy atom. The van der Waals surface area contributed by atoms with Crippen molar-refractivity contribution in [2.75, 3.05) is 31.5 Å². The third kappa shape index (κ3) is 4.44. The number of carbonyl (C=O) groups excluding carboxylic acids is 1. The molecule has 1 aromatic carbocycles. The van der Waals surface area contributed by atoms with Crippen molar-refractivity contribution in [3.8, 4) is 0 Å². The summed E-state index contributed by atoms with van der Waals surface area (Å²) in [5.74, 6) is 0.429. The SMILES string of the molecule is O=C(N1CCNCC1)N1Cc2nc(Cl)nc(NCc3cccc(C(F)(F)F)c3)c2C1. The van der Waals surface area contributed by atoms with Crippen molar-refractivity contribution in [1.29, 1.82) is 0 Å². The van der Waals surface area contributed by atoms with Gasteiger partial charge in [-0.25, -0.2) is 14.8 Å². The number of alkyl halides is 3. The molecule has 4 rings (SSSR count). The van der Waals surface area contributed by atoms with Crippen molar-refractivity contribution in [2.45, 2.75) is 25.8 Å². The number of nitrogens with one attached hydrogen (secondary N) is 2. The summed E-state index contributed by atoms with van der Waals surface area (Å²) in [6, 6.07) is 5.02. The van der Waals surface area contributed by atoms with Gasteiger partial charge < -0.3 is 20.4 Å². The van der Waals surface area contributed by atoms with Gasteiger partial charge in [0.1, 0.15) is 5.82 Å². The predicted octanol–water partition coefficient (Wildman–Crippen LogP) is 3.10. The Morgan fingerprint density at radius 3 is 2.67 bits per heavy atom. The topological polar surface area (TPSA) is 73.4 Å². The smallest absolute Gasteiger partial charge is 0.366 e. The Labute approximate surface area is 176 Å². The van der Waals surface area contributed by atoms with E-state index in [-0.39, 0.29) is 17.9 Å². The maximum atomic E-state index is 12.9. The Hall–Kier alpha value is -2.59. The minimum Gasteiger partial charge on any atom is -0.366 e. The van der Waals surface area contributed by atoms with Gasteiger partial charge in [-0.15, -0.1) is 0 Å². The molecule has 2 amide bonds. The van der Waals surface area contributed by atoms with E-state index in [1.807, 2.05) is 0 Å². The summed E-state index contributed by atoms with van der Waals surface area (Å²) in [4.78, 5) is 24.7. The maximum Gasteiger partial charge on any atom is 0.416 e. The van der Waals surface area contributed by atoms with Crippen molar-refractivity contribution in [1.82, 2.24) is 25.1 Å². The molecule has 11 heteroatoms. The molecule has 0 atom stereocenters. The molecule has 0 aliphatic carbocycles. The van der Waals surface area contributed by atoms with E-state index in [0.29, 0.717) is 43.3 Å². The molecule has 2 aromatic rings. The molecular weight excluding hydrogens is 421 g/mol. The molecule has 2 N–H and O–H groups in total. The third-order valence-electron chi connectivity index (χ3n) is 5.13. The quantitative estimate of drug-likeness (QED) is 0.717. The average Bonchev–Trinajstić information content (AvgIpc) is 3.15. The number of fused-ring (bicyclic) bond motifs is 1. The lowest BCUT2D eigenvalue weighted by Gasteiger charge is -2.31. The van der Waals surface area contributed by atoms with E-state index in [0.717, 1.165) is 30.8 Å². The number of urea groups is 1. The summed E-state index contributed by atoms with van der Waals surface area (Å²) in [5.41, 5.74) is 1.13. The minimum atomic E-state index is -4.40. The van der Waals surface area contributed by atoms with Gasteiger partial charge in [0.25, 0.3) is 0 Å². The summed E-state index contributed by atoms with van der Waals surface area (Å²) in [6.07, 6.45) is -4.40. The number of amides is 2. The van der Waals surface area contributed by atoms with Crippen molar-refractivity contribution in [2.24, 2.45) is 0 Å². The fraction of sp³-hybridized carbons (Fsp3) is 0.421. The number of nitrogens with zero attached hydrogens (tertiary/aromatic N) is 4. The van der Waals surface area contributed by atoms with Crippen LogP contribution in [0.4, 0.5) is 23.8 Å². The number of rotatable bonds is 3. The molecular formula is C19H20ClF3N6O. The van der Waals surface area contributed by atoms with Crippen LogP contribution in [0.25, 0.3) is 0 Å². The van der Waals surface area contributed by atoms with E-state index in [9.17, 15) is 18.0 Å². The van der Waals surface area contributed by atoms with Crippen LogP contribution in [0, 0.1) is 0 Å². The fourth-order valence-electron chi connectivity index (χ4n) is 3.61. The zero-order valence-electron chi connectivity index (χ0n) is 16.0. The average molecular weight is 441 g/mol. The predicted molar refractivity (Wildman–Crippen MR) is 105 cm³/mol. The first-order valence-electron chi connectivity index (χ1n) is 9.51. The maximum absolute atomic E-state index is 12.9. The zero-order valence-corrected chi connectivity index (χ0v) is 16.7. The Bertz CT molecular complexity index is 948. The monoisotopic (exact) mass is 440 g/mol. The molecule has 0 bridgehead atoms. The van der Waals surface area contributed by atoms with Crippen molar-refractivity contribution < 1.29 is 18.0 Å². The van der Waals surface area contributed by atoms with Crippen LogP contribution in [0.1, 0.15) is 22.4 Å². The Balaban J connectivity index is 1.49. The number of aromatic nitrogens is 2. The summed E-state index contributed by atoms with van der Waals surface area (Å²) in [6.45, 7) is 3.55. The van der Waals surface area contributed by atoms with E-state index < -0.39 is 11.7 Å². The molecule has 1 aromatic heterocycles. The van der Waals surface area contributed by atoms with Crippen LogP contribution in [-0.4, -0.2) is 52.0 Å². The third-order valence-corrected chi connectivity index (χ3v) is 5.30. The second kappa shape index (κ2) is 8.27. The zero-order chi connectivity index (χ0) is 21.3. The number of halogens is 4. The second-order valence-electron chi connectivity index (χ2n) is 7.19. The normalized spacial score (nSPS) is 16.5. The van der Waals surface area contributed by atoms with Gasteiger partial charge in [0.15, 0.2) is 0 Å². The summed E-state index contributed by atoms with van der Waals surface area (Å²) >= 11 is 6.04. The van der Waals surface area contributed by atoms with Crippen LogP contribution in [-0.2, 0) is 25.8 Å². The van der Waals surface area contributed by atoms with Gasteiger partial charge in [0.2, 0.25) is 5.28 Å². The fourth-order valence-corrected chi connectivity index (χ4v) is 3.79. The van der Waals surface area contributed by atoms with E-state index in [2.05, 4.69) is 20.6 Å². The Morgan fingerprint density at radius 2 is 1.93 bits per heavy atom. The highest BCUT2D eigenvalue weighted by Gasteiger charge is 2.32. The number of hydrogen-bond acceptors (Lipinski definition) is 5. The molecule has 1 fully saturated rings. The number of carbonyl (C=O) groups is 1. The van der Waals surface area contributed by atoms with Gasteiger partial charge in [0, 0.05) is 38.3 Å². The lowest BCUT2D eigenvalue weighted by atomic mass is 10.1. The van der Waals surface area contributed by atoms with Gasteiger partial charge in [-0.3, -0.25) is 0 Å². The van der Waals surface area contributed by atoms with Crippen molar-refractivity contribution in [3.63, 3.8) is 0 Å². The minimum absolute atomic E-state index is 0.0248. The van der Waals surface area contributed by atoms with Crippen LogP contribution < -0.4 is 10.6 Å². The molecule has 0 unspecified atom stereocenters. The molecule has 0 saturated carbocycles. The van der Waals surface area contributed by atoms with Crippen LogP contribution in [0.2, 0.25) is 5.28 Å². The van der Waals surface area contributed by atoms with Gasteiger partial charge in [-0.1, -0.05) is 12.1 Å². The molecule has 0 radical (unpaired) electrons. The number of piperazine rings is 1. The summed E-state index contributed by atoms with van der Waals surface area (Å²) in [7, 11) is 0. The molecule has 1 saturated heterocycles. The highest BCUT2D eigenvalue weighted by Crippen LogP contribution is 2.31. The van der Waals surface area contributed by atoms with Crippen LogP contribution in [0.5, 0.6) is 0 Å². The molecule has 7 nitrogen and oxygen atoms in total. The van der Waals surface area contributed by atoms with Gasteiger partial charge in [-0.05, 0) is 29.3 Å². The first kappa shape index (κ1) is 20.7. The van der Waals surface area contributed by atoms with E-state index in [1.165, 1.54) is 6.07 Å². The molecule has 30 heavy (non-hydrogen) atoms. The number of anilines is 1. The highest BCUT2D eigenvalue weighted by atomic mass is 35.5. The second-order valence-corrected chi connectivity index (χ2v) is 7.53. The van der Waals surface area contributed by atoms with Crippen LogP contribution in [0.3, 0.4) is 0 Å². The van der Waals surface area contributed by atoms with Gasteiger partial charge in [0.05, 0.1) is 24.3 Å². The molecule has 0 spiro atoms. The van der Waals surface area contributed by atoms with Gasteiger partial charge in [-0.2, -0.15) is 13.2 Å². The van der Waals surface area contributed by atoms with Crippen molar-refractivity contribution in [3.05, 3.63) is 51.9 Å². The van der Waals surface area contributed by atoms with Crippen LogP contribution in [0.15, 0.2) is 24.3 Å². The molecule has 2 aliphatic heterocycles. The van der Waals surface area contributed by atoms with E-state index in [1.54, 1.807) is 15.9 Å². The standard InChI is InChI=1S/C19H20ClF3N6O/c20-17-26-15-11-29(18(30)28-6-4-24-5-7-28)10-14(15)16(27-17)25-9-12-2-1-3-13(8-12)19(21,22)23/h1-3,8,24H,4-7,9-11H2,(H,25,26,27). The van der Waals surface area contributed by atoms with Crippen molar-refractivity contribution >= 4 is 23.4 Å². The van der Waals surface area contributed by atoms with Gasteiger partial charge >= 0.3 is 12.2 Å². The lowest BCUT2D eigenvalue weighted by Crippen LogP contribution is -2.50. The number of benzene rings is 1. The first-order valence-corrected chi connectivity index (χ1v) is 9.89. The summed E-state index contributed by atoms with van der Waals surface area (Å²) in [5, 5.41) is 6.29.